The van der Waals surface area contributed by atoms with E-state index in [1.54, 1.807) is 18.2 Å². The molecule has 0 aliphatic heterocycles. The van der Waals surface area contributed by atoms with Gasteiger partial charge in [0.2, 0.25) is 0 Å². The van der Waals surface area contributed by atoms with Gasteiger partial charge in [-0.05, 0) is 44.2 Å². The fourth-order valence-corrected chi connectivity index (χ4v) is 2.25. The van der Waals surface area contributed by atoms with Gasteiger partial charge in [0.15, 0.2) is 0 Å². The quantitative estimate of drug-likeness (QED) is 0.861. The van der Waals surface area contributed by atoms with Crippen molar-refractivity contribution in [2.24, 2.45) is 0 Å². The Hall–Kier alpha value is -2.01. The van der Waals surface area contributed by atoms with E-state index in [0.717, 1.165) is 25.2 Å². The van der Waals surface area contributed by atoms with Gasteiger partial charge >= 0.3 is 0 Å². The third kappa shape index (κ3) is 3.98. The molecule has 0 saturated heterocycles. The van der Waals surface area contributed by atoms with Crippen LogP contribution in [-0.4, -0.2) is 29.4 Å². The minimum absolute atomic E-state index is 0.104. The highest BCUT2D eigenvalue weighted by atomic mass is 19.1. The second kappa shape index (κ2) is 7.13. The molecular formula is C16H21FN3O+. The van der Waals surface area contributed by atoms with E-state index in [1.807, 2.05) is 0 Å². The van der Waals surface area contributed by atoms with Crippen molar-refractivity contribution in [2.45, 2.75) is 20.4 Å². The molecule has 0 unspecified atom stereocenters. The molecule has 0 atom stereocenters. The van der Waals surface area contributed by atoms with Crippen LogP contribution >= 0.6 is 0 Å². The SMILES string of the molecule is CC[NH+](CC)CCn1nc(-c2ccc(F)cc2)ccc1=O. The zero-order valence-electron chi connectivity index (χ0n) is 12.5. The van der Waals surface area contributed by atoms with Gasteiger partial charge in [-0.25, -0.2) is 9.07 Å². The lowest BCUT2D eigenvalue weighted by Gasteiger charge is -2.15. The summed E-state index contributed by atoms with van der Waals surface area (Å²) in [6.07, 6.45) is 0. The van der Waals surface area contributed by atoms with Crippen molar-refractivity contribution < 1.29 is 9.29 Å². The molecule has 0 aliphatic carbocycles. The van der Waals surface area contributed by atoms with E-state index in [2.05, 4.69) is 18.9 Å². The molecule has 4 nitrogen and oxygen atoms in total. The van der Waals surface area contributed by atoms with Crippen molar-refractivity contribution in [3.05, 3.63) is 52.6 Å². The van der Waals surface area contributed by atoms with Crippen LogP contribution < -0.4 is 10.5 Å². The Bertz CT molecular complexity index is 633. The molecule has 21 heavy (non-hydrogen) atoms. The lowest BCUT2D eigenvalue weighted by atomic mass is 10.1. The van der Waals surface area contributed by atoms with Gasteiger partial charge in [-0.2, -0.15) is 5.10 Å². The Balaban J connectivity index is 2.21. The first-order valence-electron chi connectivity index (χ1n) is 7.31. The smallest absolute Gasteiger partial charge is 0.266 e. The zero-order valence-corrected chi connectivity index (χ0v) is 12.5. The maximum Gasteiger partial charge on any atom is 0.266 e. The number of hydrogen-bond acceptors (Lipinski definition) is 2. The van der Waals surface area contributed by atoms with Gasteiger partial charge in [0.25, 0.3) is 5.56 Å². The summed E-state index contributed by atoms with van der Waals surface area (Å²) < 4.78 is 14.4. The summed E-state index contributed by atoms with van der Waals surface area (Å²) >= 11 is 0. The Kier molecular flexibility index (Phi) is 5.22. The molecule has 1 aromatic carbocycles. The van der Waals surface area contributed by atoms with Crippen LogP contribution in [-0.2, 0) is 6.54 Å². The monoisotopic (exact) mass is 290 g/mol. The van der Waals surface area contributed by atoms with Crippen molar-refractivity contribution in [2.75, 3.05) is 19.6 Å². The van der Waals surface area contributed by atoms with Gasteiger partial charge < -0.3 is 4.90 Å². The molecule has 1 N–H and O–H groups in total. The van der Waals surface area contributed by atoms with Gasteiger partial charge in [-0.3, -0.25) is 4.79 Å². The van der Waals surface area contributed by atoms with E-state index in [9.17, 15) is 9.18 Å². The molecule has 0 radical (unpaired) electrons. The number of rotatable bonds is 6. The number of benzene rings is 1. The number of hydrogen-bond donors (Lipinski definition) is 1. The molecule has 1 heterocycles. The number of quaternary nitrogens is 1. The highest BCUT2D eigenvalue weighted by Gasteiger charge is 2.07. The Morgan fingerprint density at radius 3 is 2.38 bits per heavy atom. The molecule has 2 rings (SSSR count). The maximum atomic E-state index is 13.0. The van der Waals surface area contributed by atoms with Crippen LogP contribution in [0.15, 0.2) is 41.2 Å². The maximum absolute atomic E-state index is 13.0. The van der Waals surface area contributed by atoms with Gasteiger partial charge in [-0.1, -0.05) is 0 Å². The second-order valence-corrected chi connectivity index (χ2v) is 4.99. The Labute approximate surface area is 123 Å². The molecule has 5 heteroatoms. The van der Waals surface area contributed by atoms with Gasteiger partial charge in [-0.15, -0.1) is 0 Å². The third-order valence-corrected chi connectivity index (χ3v) is 3.68. The number of halogens is 1. The van der Waals surface area contributed by atoms with E-state index in [4.69, 9.17) is 0 Å². The van der Waals surface area contributed by atoms with Crippen LogP contribution in [0, 0.1) is 5.82 Å². The Morgan fingerprint density at radius 1 is 1.10 bits per heavy atom. The summed E-state index contributed by atoms with van der Waals surface area (Å²) in [7, 11) is 0. The van der Waals surface area contributed by atoms with Crippen LogP contribution in [0.25, 0.3) is 11.3 Å². The largest absolute Gasteiger partial charge is 0.334 e. The van der Waals surface area contributed by atoms with Crippen molar-refractivity contribution in [1.82, 2.24) is 9.78 Å². The minimum atomic E-state index is -0.280. The van der Waals surface area contributed by atoms with Crippen LogP contribution in [0.3, 0.4) is 0 Å². The summed E-state index contributed by atoms with van der Waals surface area (Å²) in [5, 5.41) is 4.38. The standard InChI is InChI=1S/C16H20FN3O/c1-3-19(4-2)11-12-20-16(21)10-9-15(18-20)13-5-7-14(17)8-6-13/h5-10H,3-4,11-12H2,1-2H3/p+1. The summed E-state index contributed by atoms with van der Waals surface area (Å²) in [5.74, 6) is -0.280. The first-order valence-corrected chi connectivity index (χ1v) is 7.31. The predicted molar refractivity (Wildman–Crippen MR) is 80.8 cm³/mol. The van der Waals surface area contributed by atoms with Gasteiger partial charge in [0.05, 0.1) is 31.9 Å². The molecule has 0 fully saturated rings. The van der Waals surface area contributed by atoms with Crippen molar-refractivity contribution >= 4 is 0 Å². The summed E-state index contributed by atoms with van der Waals surface area (Å²) in [4.78, 5) is 13.3. The van der Waals surface area contributed by atoms with E-state index < -0.39 is 0 Å². The highest BCUT2D eigenvalue weighted by molar-refractivity contribution is 5.57. The molecule has 1 aromatic heterocycles. The summed E-state index contributed by atoms with van der Waals surface area (Å²) in [6.45, 7) is 7.78. The van der Waals surface area contributed by atoms with Gasteiger partial charge in [0, 0.05) is 11.6 Å². The Morgan fingerprint density at radius 2 is 1.76 bits per heavy atom. The molecule has 2 aromatic rings. The minimum Gasteiger partial charge on any atom is -0.334 e. The zero-order chi connectivity index (χ0) is 15.2. The molecule has 0 bridgehead atoms. The topological polar surface area (TPSA) is 39.3 Å². The van der Waals surface area contributed by atoms with Crippen LogP contribution in [0.1, 0.15) is 13.8 Å². The van der Waals surface area contributed by atoms with Crippen molar-refractivity contribution in [3.8, 4) is 11.3 Å². The van der Waals surface area contributed by atoms with E-state index in [1.165, 1.54) is 27.8 Å². The van der Waals surface area contributed by atoms with E-state index in [-0.39, 0.29) is 11.4 Å². The molecule has 0 spiro atoms. The summed E-state index contributed by atoms with van der Waals surface area (Å²) in [5.41, 5.74) is 1.39. The van der Waals surface area contributed by atoms with Gasteiger partial charge in [0.1, 0.15) is 5.82 Å². The molecule has 0 saturated carbocycles. The van der Waals surface area contributed by atoms with E-state index >= 15 is 0 Å². The number of aromatic nitrogens is 2. The van der Waals surface area contributed by atoms with Crippen LogP contribution in [0.4, 0.5) is 4.39 Å². The second-order valence-electron chi connectivity index (χ2n) is 4.99. The van der Waals surface area contributed by atoms with Crippen LogP contribution in [0.5, 0.6) is 0 Å². The fraction of sp³-hybridized carbons (Fsp3) is 0.375. The number of nitrogens with zero attached hydrogens (tertiary/aromatic N) is 2. The highest BCUT2D eigenvalue weighted by Crippen LogP contribution is 2.15. The average Bonchev–Trinajstić information content (AvgIpc) is 2.51. The summed E-state index contributed by atoms with van der Waals surface area (Å²) in [6, 6.07) is 9.32. The first-order chi connectivity index (χ1) is 10.1. The first kappa shape index (κ1) is 15.4. The third-order valence-electron chi connectivity index (χ3n) is 3.68. The van der Waals surface area contributed by atoms with Crippen LogP contribution in [0.2, 0.25) is 0 Å². The number of likely N-dealkylation sites (N-methyl/N-ethyl adjacent to an activating group) is 1. The normalized spacial score (nSPS) is 11.0. The molecular weight excluding hydrogens is 269 g/mol. The average molecular weight is 290 g/mol. The number of nitrogens with one attached hydrogen (secondary N) is 1. The van der Waals surface area contributed by atoms with E-state index in [0.29, 0.717) is 12.2 Å². The predicted octanol–water partition coefficient (Wildman–Crippen LogP) is 0.974. The lowest BCUT2D eigenvalue weighted by Crippen LogP contribution is -3.11. The fourth-order valence-electron chi connectivity index (χ4n) is 2.25. The molecule has 0 amide bonds. The molecule has 0 aliphatic rings. The van der Waals surface area contributed by atoms with Crippen molar-refractivity contribution in [3.63, 3.8) is 0 Å². The lowest BCUT2D eigenvalue weighted by molar-refractivity contribution is -0.897. The van der Waals surface area contributed by atoms with Crippen molar-refractivity contribution in [1.29, 1.82) is 0 Å². The molecule has 112 valence electrons.